The lowest BCUT2D eigenvalue weighted by Gasteiger charge is -2.08. The molecule has 1 aromatic heterocycles. The summed E-state index contributed by atoms with van der Waals surface area (Å²) in [4.78, 5) is 35.0. The molecular weight excluding hydrogens is 403 g/mol. The quantitative estimate of drug-likeness (QED) is 0.640. The highest BCUT2D eigenvalue weighted by atomic mass is 35.5. The summed E-state index contributed by atoms with van der Waals surface area (Å²) < 4.78 is 4.72. The van der Waals surface area contributed by atoms with Gasteiger partial charge < -0.3 is 20.9 Å². The number of carbonyl (C=O) groups excluding carboxylic acids is 2. The number of halogens is 2. The smallest absolute Gasteiger partial charge is 0.329 e. The van der Waals surface area contributed by atoms with E-state index in [-0.39, 0.29) is 10.6 Å². The maximum absolute atomic E-state index is 12.0. The van der Waals surface area contributed by atoms with Crippen molar-refractivity contribution < 1.29 is 24.2 Å². The second-order valence-corrected chi connectivity index (χ2v) is 7.23. The fourth-order valence-electron chi connectivity index (χ4n) is 2.28. The first-order valence-corrected chi connectivity index (χ1v) is 8.76. The number of aryl methyl sites for hydroxylation is 1. The van der Waals surface area contributed by atoms with Crippen LogP contribution in [-0.2, 0) is 14.3 Å². The number of aliphatic carboxylic acids is 1. The first kappa shape index (κ1) is 20.2. The van der Waals surface area contributed by atoms with Gasteiger partial charge in [-0.2, -0.15) is 0 Å². The number of rotatable bonds is 7. The fraction of sp³-hybridized carbons (Fsp3) is 0.188. The Labute approximate surface area is 162 Å². The first-order valence-electron chi connectivity index (χ1n) is 7.18. The molecule has 0 atom stereocenters. The Morgan fingerprint density at radius 3 is 2.54 bits per heavy atom. The Bertz CT molecular complexity index is 882. The van der Waals surface area contributed by atoms with Gasteiger partial charge in [0.15, 0.2) is 0 Å². The van der Waals surface area contributed by atoms with Crippen LogP contribution in [0, 0.1) is 6.92 Å². The Morgan fingerprint density at radius 2 is 1.96 bits per heavy atom. The number of hydrogen-bond donors (Lipinski definition) is 3. The summed E-state index contributed by atoms with van der Waals surface area (Å²) >= 11 is 13.3. The van der Waals surface area contributed by atoms with Crippen molar-refractivity contribution in [2.45, 2.75) is 6.92 Å². The Kier molecular flexibility index (Phi) is 6.60. The molecule has 0 saturated heterocycles. The molecule has 26 heavy (non-hydrogen) atoms. The minimum atomic E-state index is -1.19. The van der Waals surface area contributed by atoms with Gasteiger partial charge in [-0.3, -0.25) is 9.59 Å². The summed E-state index contributed by atoms with van der Waals surface area (Å²) in [5, 5.41) is 12.0. The van der Waals surface area contributed by atoms with Crippen LogP contribution < -0.4 is 11.1 Å². The van der Waals surface area contributed by atoms with Gasteiger partial charge in [-0.25, -0.2) is 4.79 Å². The third kappa shape index (κ3) is 4.73. The van der Waals surface area contributed by atoms with Crippen LogP contribution in [0.2, 0.25) is 10.0 Å². The lowest BCUT2D eigenvalue weighted by Crippen LogP contribution is -2.22. The lowest BCUT2D eigenvalue weighted by molar-refractivity contribution is -0.143. The average molecular weight is 417 g/mol. The molecule has 0 saturated carbocycles. The van der Waals surface area contributed by atoms with Gasteiger partial charge in [0.1, 0.15) is 18.2 Å². The number of nitrogens with one attached hydrogen (secondary N) is 1. The molecule has 1 aromatic carbocycles. The molecule has 0 aliphatic rings. The van der Waals surface area contributed by atoms with Crippen molar-refractivity contribution in [2.24, 2.45) is 5.73 Å². The van der Waals surface area contributed by atoms with Crippen LogP contribution in [-0.4, -0.2) is 36.1 Å². The highest BCUT2D eigenvalue weighted by Gasteiger charge is 2.24. The predicted molar refractivity (Wildman–Crippen MR) is 100 cm³/mol. The zero-order chi connectivity index (χ0) is 19.4. The average Bonchev–Trinajstić information content (AvgIpc) is 2.83. The normalized spacial score (nSPS) is 10.6. The van der Waals surface area contributed by atoms with Gasteiger partial charge in [0.05, 0.1) is 5.56 Å². The van der Waals surface area contributed by atoms with E-state index < -0.39 is 31.0 Å². The van der Waals surface area contributed by atoms with Crippen molar-refractivity contribution in [3.63, 3.8) is 0 Å². The number of ether oxygens (including phenoxy) is 1. The molecule has 10 heteroatoms. The summed E-state index contributed by atoms with van der Waals surface area (Å²) in [7, 11) is 0. The van der Waals surface area contributed by atoms with E-state index in [1.165, 1.54) is 0 Å². The zero-order valence-corrected chi connectivity index (χ0v) is 15.8. The minimum absolute atomic E-state index is 0.114. The number of carbonyl (C=O) groups is 3. The number of benzene rings is 1. The number of primary amides is 1. The third-order valence-electron chi connectivity index (χ3n) is 3.24. The van der Waals surface area contributed by atoms with Crippen molar-refractivity contribution >= 4 is 57.3 Å². The molecule has 2 aromatic rings. The van der Waals surface area contributed by atoms with Crippen molar-refractivity contribution in [1.82, 2.24) is 0 Å². The van der Waals surface area contributed by atoms with Gasteiger partial charge in [-0.1, -0.05) is 29.3 Å². The van der Waals surface area contributed by atoms with Gasteiger partial charge in [0.25, 0.3) is 11.8 Å². The molecule has 0 bridgehead atoms. The van der Waals surface area contributed by atoms with Gasteiger partial charge in [-0.15, -0.1) is 11.3 Å². The fourth-order valence-corrected chi connectivity index (χ4v) is 3.87. The van der Waals surface area contributed by atoms with Crippen molar-refractivity contribution in [2.75, 3.05) is 18.5 Å². The van der Waals surface area contributed by atoms with Gasteiger partial charge in [-0.05, 0) is 19.1 Å². The summed E-state index contributed by atoms with van der Waals surface area (Å²) in [5.41, 5.74) is 6.68. The molecule has 7 nitrogen and oxygen atoms in total. The summed E-state index contributed by atoms with van der Waals surface area (Å²) in [6.45, 7) is 0.678. The highest BCUT2D eigenvalue weighted by molar-refractivity contribution is 7.17. The summed E-state index contributed by atoms with van der Waals surface area (Å²) in [5.74, 6) is -2.54. The van der Waals surface area contributed by atoms with E-state index in [1.54, 1.807) is 25.1 Å². The SMILES string of the molecule is Cc1sc(NC(=O)COCC(=O)O)c(C(N)=O)c1-c1ccc(Cl)cc1Cl. The Hall–Kier alpha value is -2.13. The van der Waals surface area contributed by atoms with Crippen LogP contribution in [0.5, 0.6) is 0 Å². The molecule has 0 radical (unpaired) electrons. The summed E-state index contributed by atoms with van der Waals surface area (Å²) in [6, 6.07) is 4.83. The second-order valence-electron chi connectivity index (χ2n) is 5.16. The van der Waals surface area contributed by atoms with E-state index in [9.17, 15) is 14.4 Å². The summed E-state index contributed by atoms with van der Waals surface area (Å²) in [6.07, 6.45) is 0. The topological polar surface area (TPSA) is 119 Å². The number of carboxylic acids is 1. The molecule has 0 unspecified atom stereocenters. The van der Waals surface area contributed by atoms with Crippen LogP contribution >= 0.6 is 34.5 Å². The van der Waals surface area contributed by atoms with Gasteiger partial charge >= 0.3 is 5.97 Å². The molecule has 2 rings (SSSR count). The number of amides is 2. The first-order chi connectivity index (χ1) is 12.2. The maximum Gasteiger partial charge on any atom is 0.329 e. The monoisotopic (exact) mass is 416 g/mol. The number of nitrogens with two attached hydrogens (primary N) is 1. The van der Waals surface area contributed by atoms with Gasteiger partial charge in [0, 0.05) is 26.0 Å². The van der Waals surface area contributed by atoms with Crippen molar-refractivity contribution in [1.29, 1.82) is 0 Å². The van der Waals surface area contributed by atoms with Crippen molar-refractivity contribution in [3.05, 3.63) is 38.7 Å². The van der Waals surface area contributed by atoms with E-state index in [4.69, 9.17) is 38.8 Å². The van der Waals surface area contributed by atoms with E-state index >= 15 is 0 Å². The lowest BCUT2D eigenvalue weighted by atomic mass is 10.0. The number of anilines is 1. The molecular formula is C16H14Cl2N2O5S. The zero-order valence-electron chi connectivity index (χ0n) is 13.5. The Balaban J connectivity index is 2.36. The van der Waals surface area contributed by atoms with E-state index in [2.05, 4.69) is 5.32 Å². The highest BCUT2D eigenvalue weighted by Crippen LogP contribution is 2.42. The van der Waals surface area contributed by atoms with Crippen LogP contribution in [0.1, 0.15) is 15.2 Å². The van der Waals surface area contributed by atoms with Crippen LogP contribution in [0.4, 0.5) is 5.00 Å². The van der Waals surface area contributed by atoms with Gasteiger partial charge in [0.2, 0.25) is 0 Å². The second kappa shape index (κ2) is 8.50. The molecule has 0 aliphatic carbocycles. The molecule has 2 amide bonds. The van der Waals surface area contributed by atoms with E-state index in [1.807, 2.05) is 0 Å². The number of carboxylic acid groups (broad SMARTS) is 1. The number of hydrogen-bond acceptors (Lipinski definition) is 5. The van der Waals surface area contributed by atoms with Crippen molar-refractivity contribution in [3.8, 4) is 11.1 Å². The molecule has 0 aliphatic heterocycles. The van der Waals surface area contributed by atoms with Crippen LogP contribution in [0.25, 0.3) is 11.1 Å². The number of thiophene rings is 1. The third-order valence-corrected chi connectivity index (χ3v) is 4.81. The molecule has 0 spiro atoms. The van der Waals surface area contributed by atoms with E-state index in [0.717, 1.165) is 11.3 Å². The molecule has 1 heterocycles. The van der Waals surface area contributed by atoms with Crippen LogP contribution in [0.3, 0.4) is 0 Å². The minimum Gasteiger partial charge on any atom is -0.480 e. The standard InChI is InChI=1S/C16H14Cl2N2O5S/c1-7-13(9-3-2-8(17)4-10(9)18)14(15(19)24)16(26-7)20-11(21)5-25-6-12(22)23/h2-4H,5-6H2,1H3,(H2,19,24)(H,20,21)(H,22,23). The Morgan fingerprint density at radius 1 is 1.27 bits per heavy atom. The van der Waals surface area contributed by atoms with E-state index in [0.29, 0.717) is 26.0 Å². The van der Waals surface area contributed by atoms with Crippen LogP contribution in [0.15, 0.2) is 18.2 Å². The molecule has 0 fully saturated rings. The largest absolute Gasteiger partial charge is 0.480 e. The molecule has 4 N–H and O–H groups in total. The maximum atomic E-state index is 12.0. The predicted octanol–water partition coefficient (Wildman–Crippen LogP) is 3.17. The molecule has 138 valence electrons.